The van der Waals surface area contributed by atoms with Gasteiger partial charge in [-0.25, -0.2) is 4.79 Å². The van der Waals surface area contributed by atoms with Gasteiger partial charge in [0.05, 0.1) is 12.0 Å². The highest BCUT2D eigenvalue weighted by Gasteiger charge is 2.15. The first-order valence-electron chi connectivity index (χ1n) is 6.57. The maximum atomic E-state index is 11.7. The predicted molar refractivity (Wildman–Crippen MR) is 79.9 cm³/mol. The first kappa shape index (κ1) is 15.5. The van der Waals surface area contributed by atoms with E-state index in [4.69, 9.17) is 9.47 Å². The van der Waals surface area contributed by atoms with E-state index in [9.17, 15) is 14.9 Å². The molecule has 0 aliphatic carbocycles. The summed E-state index contributed by atoms with van der Waals surface area (Å²) in [6, 6.07) is 11.3. The zero-order valence-corrected chi connectivity index (χ0v) is 12.2. The van der Waals surface area contributed by atoms with Gasteiger partial charge in [-0.2, -0.15) is 0 Å². The molecular weight excluding hydrogens is 286 g/mol. The van der Waals surface area contributed by atoms with Crippen molar-refractivity contribution in [2.45, 2.75) is 13.5 Å². The molecule has 0 aliphatic heterocycles. The molecule has 0 heterocycles. The molecule has 0 unspecified atom stereocenters. The van der Waals surface area contributed by atoms with Gasteiger partial charge in [0.25, 0.3) is 5.69 Å². The number of carbonyl (C=O) groups excluding carboxylic acids is 1. The number of esters is 1. The molecule has 0 aliphatic rings. The first-order valence-corrected chi connectivity index (χ1v) is 6.57. The smallest absolute Gasteiger partial charge is 0.341 e. The number of rotatable bonds is 5. The van der Waals surface area contributed by atoms with Crippen LogP contribution in [0.5, 0.6) is 5.75 Å². The van der Waals surface area contributed by atoms with Crippen LogP contribution < -0.4 is 4.74 Å². The molecule has 6 heteroatoms. The van der Waals surface area contributed by atoms with Crippen molar-refractivity contribution >= 4 is 11.7 Å². The number of hydrogen-bond donors (Lipinski definition) is 0. The van der Waals surface area contributed by atoms with Crippen molar-refractivity contribution in [1.29, 1.82) is 0 Å². The number of nitrogens with zero attached hydrogens (tertiary/aromatic N) is 1. The highest BCUT2D eigenvalue weighted by molar-refractivity contribution is 5.92. The van der Waals surface area contributed by atoms with Gasteiger partial charge in [0.1, 0.15) is 17.9 Å². The molecule has 0 saturated heterocycles. The van der Waals surface area contributed by atoms with Gasteiger partial charge in [-0.15, -0.1) is 0 Å². The zero-order valence-electron chi connectivity index (χ0n) is 12.2. The molecule has 2 aromatic carbocycles. The number of hydrogen-bond acceptors (Lipinski definition) is 5. The summed E-state index contributed by atoms with van der Waals surface area (Å²) in [7, 11) is 1.31. The van der Waals surface area contributed by atoms with Crippen LogP contribution in [0.15, 0.2) is 42.5 Å². The summed E-state index contributed by atoms with van der Waals surface area (Å²) in [4.78, 5) is 21.9. The first-order chi connectivity index (χ1) is 10.5. The molecule has 0 N–H and O–H groups in total. The molecule has 0 bridgehead atoms. The molecule has 0 atom stereocenters. The van der Waals surface area contributed by atoms with Crippen LogP contribution in [0, 0.1) is 17.0 Å². The van der Waals surface area contributed by atoms with Crippen LogP contribution in [0.25, 0.3) is 0 Å². The Balaban J connectivity index is 2.17. The number of methoxy groups -OCH3 is 1. The summed E-state index contributed by atoms with van der Waals surface area (Å²) in [5, 5.41) is 10.6. The molecular formula is C16H15NO5. The van der Waals surface area contributed by atoms with Gasteiger partial charge in [-0.3, -0.25) is 10.1 Å². The molecule has 0 fully saturated rings. The second-order valence-electron chi connectivity index (χ2n) is 4.66. The monoisotopic (exact) mass is 301 g/mol. The van der Waals surface area contributed by atoms with Crippen LogP contribution in [-0.2, 0) is 11.3 Å². The lowest BCUT2D eigenvalue weighted by molar-refractivity contribution is -0.384. The lowest BCUT2D eigenvalue weighted by Crippen LogP contribution is -2.07. The highest BCUT2D eigenvalue weighted by Crippen LogP contribution is 2.25. The minimum absolute atomic E-state index is 0.0230. The zero-order chi connectivity index (χ0) is 16.1. The van der Waals surface area contributed by atoms with Crippen LogP contribution in [0.3, 0.4) is 0 Å². The number of nitro groups is 1. The predicted octanol–water partition coefficient (Wildman–Crippen LogP) is 3.27. The highest BCUT2D eigenvalue weighted by atomic mass is 16.6. The summed E-state index contributed by atoms with van der Waals surface area (Å²) in [5.41, 5.74) is 1.95. The van der Waals surface area contributed by atoms with Crippen LogP contribution in [0.4, 0.5) is 5.69 Å². The fraction of sp³-hybridized carbons (Fsp3) is 0.188. The number of nitro benzene ring substituents is 1. The normalized spacial score (nSPS) is 10.1. The fourth-order valence-electron chi connectivity index (χ4n) is 1.98. The van der Waals surface area contributed by atoms with Gasteiger partial charge in [-0.05, 0) is 36.2 Å². The summed E-state index contributed by atoms with van der Waals surface area (Å²) in [6.45, 7) is 2.03. The van der Waals surface area contributed by atoms with E-state index in [0.717, 1.165) is 11.1 Å². The Morgan fingerprint density at radius 2 is 1.86 bits per heavy atom. The molecule has 22 heavy (non-hydrogen) atoms. The van der Waals surface area contributed by atoms with Gasteiger partial charge in [0.2, 0.25) is 0 Å². The minimum atomic E-state index is -0.470. The third-order valence-electron chi connectivity index (χ3n) is 3.15. The van der Waals surface area contributed by atoms with Crippen LogP contribution in [0.2, 0.25) is 0 Å². The number of para-hydroxylation sites is 1. The van der Waals surface area contributed by atoms with Gasteiger partial charge in [0, 0.05) is 12.1 Å². The second-order valence-corrected chi connectivity index (χ2v) is 4.66. The molecule has 0 spiro atoms. The largest absolute Gasteiger partial charge is 0.488 e. The van der Waals surface area contributed by atoms with Crippen molar-refractivity contribution in [2.75, 3.05) is 7.11 Å². The van der Waals surface area contributed by atoms with E-state index in [1.165, 1.54) is 19.2 Å². The topological polar surface area (TPSA) is 78.7 Å². The maximum Gasteiger partial charge on any atom is 0.341 e. The molecule has 2 rings (SSSR count). The third kappa shape index (κ3) is 3.41. The van der Waals surface area contributed by atoms with E-state index in [1.54, 1.807) is 24.3 Å². The summed E-state index contributed by atoms with van der Waals surface area (Å²) in [6.07, 6.45) is 0. The van der Waals surface area contributed by atoms with Gasteiger partial charge >= 0.3 is 5.97 Å². The quantitative estimate of drug-likeness (QED) is 0.481. The Hall–Kier alpha value is -2.89. The number of aryl methyl sites for hydroxylation is 1. The summed E-state index contributed by atoms with van der Waals surface area (Å²) < 4.78 is 10.4. The average Bonchev–Trinajstić information content (AvgIpc) is 2.53. The average molecular weight is 301 g/mol. The maximum absolute atomic E-state index is 11.7. The van der Waals surface area contributed by atoms with Crippen molar-refractivity contribution in [1.82, 2.24) is 0 Å². The second kappa shape index (κ2) is 6.71. The van der Waals surface area contributed by atoms with Crippen molar-refractivity contribution in [2.24, 2.45) is 0 Å². The van der Waals surface area contributed by atoms with E-state index in [0.29, 0.717) is 11.3 Å². The van der Waals surface area contributed by atoms with E-state index in [-0.39, 0.29) is 12.3 Å². The van der Waals surface area contributed by atoms with Crippen LogP contribution in [0.1, 0.15) is 21.5 Å². The van der Waals surface area contributed by atoms with E-state index < -0.39 is 10.9 Å². The van der Waals surface area contributed by atoms with Crippen molar-refractivity contribution in [3.8, 4) is 5.75 Å². The van der Waals surface area contributed by atoms with E-state index >= 15 is 0 Å². The van der Waals surface area contributed by atoms with Gasteiger partial charge in [-0.1, -0.05) is 12.1 Å². The Labute approximate surface area is 127 Å². The molecule has 2 aromatic rings. The Bertz CT molecular complexity index is 694. The molecule has 0 radical (unpaired) electrons. The Kier molecular flexibility index (Phi) is 4.73. The fourth-order valence-corrected chi connectivity index (χ4v) is 1.98. The van der Waals surface area contributed by atoms with Crippen LogP contribution in [-0.4, -0.2) is 18.0 Å². The lowest BCUT2D eigenvalue weighted by atomic mass is 10.1. The SMILES string of the molecule is COC(=O)c1cccc(C)c1OCc1ccc([N+](=O)[O-])cc1. The van der Waals surface area contributed by atoms with Crippen molar-refractivity contribution in [3.63, 3.8) is 0 Å². The van der Waals surface area contributed by atoms with Gasteiger partial charge in [0.15, 0.2) is 0 Å². The summed E-state index contributed by atoms with van der Waals surface area (Å²) >= 11 is 0. The third-order valence-corrected chi connectivity index (χ3v) is 3.15. The van der Waals surface area contributed by atoms with Gasteiger partial charge < -0.3 is 9.47 Å². The van der Waals surface area contributed by atoms with Crippen LogP contribution >= 0.6 is 0 Å². The van der Waals surface area contributed by atoms with Crippen molar-refractivity contribution < 1.29 is 19.2 Å². The standard InChI is InChI=1S/C16H15NO5/c1-11-4-3-5-14(16(18)21-2)15(11)22-10-12-6-8-13(9-7-12)17(19)20/h3-9H,10H2,1-2H3. The molecule has 0 aromatic heterocycles. The number of ether oxygens (including phenoxy) is 2. The van der Waals surface area contributed by atoms with E-state index in [2.05, 4.69) is 0 Å². The molecule has 0 saturated carbocycles. The Morgan fingerprint density at radius 1 is 1.18 bits per heavy atom. The summed E-state index contributed by atoms with van der Waals surface area (Å²) in [5.74, 6) is -0.0184. The van der Waals surface area contributed by atoms with Crippen molar-refractivity contribution in [3.05, 3.63) is 69.3 Å². The Morgan fingerprint density at radius 3 is 2.45 bits per heavy atom. The lowest BCUT2D eigenvalue weighted by Gasteiger charge is -2.13. The number of carbonyl (C=O) groups is 1. The molecule has 0 amide bonds. The number of non-ortho nitro benzene ring substituents is 1. The minimum Gasteiger partial charge on any atom is -0.488 e. The number of benzene rings is 2. The van der Waals surface area contributed by atoms with E-state index in [1.807, 2.05) is 13.0 Å². The molecule has 6 nitrogen and oxygen atoms in total. The molecule has 114 valence electrons.